The normalized spacial score (nSPS) is 15.8. The van der Waals surface area contributed by atoms with Gasteiger partial charge in [-0.1, -0.05) is 6.07 Å². The lowest BCUT2D eigenvalue weighted by Gasteiger charge is -2.16. The highest BCUT2D eigenvalue weighted by Crippen LogP contribution is 2.38. The van der Waals surface area contributed by atoms with E-state index in [1.54, 1.807) is 0 Å². The molecule has 0 radical (unpaired) electrons. The molecule has 1 amide bonds. The number of hydrogen-bond acceptors (Lipinski definition) is 5. The molecule has 2 aliphatic rings. The number of rotatable bonds is 4. The number of carbonyl (C=O) groups is 1. The van der Waals surface area contributed by atoms with Crippen molar-refractivity contribution in [2.75, 3.05) is 11.1 Å². The second kappa shape index (κ2) is 7.08. The third-order valence-electron chi connectivity index (χ3n) is 5.34. The summed E-state index contributed by atoms with van der Waals surface area (Å²) in [4.78, 5) is 12.5. The fourth-order valence-corrected chi connectivity index (χ4v) is 5.09. The van der Waals surface area contributed by atoms with Gasteiger partial charge in [-0.2, -0.15) is 18.3 Å². The number of aryl methyl sites for hydroxylation is 2. The molecule has 0 fully saturated rings. The zero-order valence-corrected chi connectivity index (χ0v) is 16.2. The van der Waals surface area contributed by atoms with Crippen molar-refractivity contribution in [3.05, 3.63) is 46.1 Å². The zero-order chi connectivity index (χ0) is 20.8. The van der Waals surface area contributed by atoms with Crippen LogP contribution >= 0.6 is 0 Å². The van der Waals surface area contributed by atoms with Gasteiger partial charge in [0.15, 0.2) is 5.03 Å². The van der Waals surface area contributed by atoms with E-state index in [0.717, 1.165) is 49.7 Å². The molecule has 29 heavy (non-hydrogen) atoms. The lowest BCUT2D eigenvalue weighted by molar-refractivity contribution is -0.138. The van der Waals surface area contributed by atoms with Crippen molar-refractivity contribution in [2.45, 2.75) is 49.7 Å². The van der Waals surface area contributed by atoms with Gasteiger partial charge in [-0.25, -0.2) is 8.42 Å². The van der Waals surface area contributed by atoms with Crippen molar-refractivity contribution in [3.63, 3.8) is 0 Å². The quantitative estimate of drug-likeness (QED) is 0.814. The van der Waals surface area contributed by atoms with E-state index < -0.39 is 38.3 Å². The number of carbonyl (C=O) groups excluding carboxylic acids is 1. The molecule has 0 bridgehead atoms. The van der Waals surface area contributed by atoms with E-state index in [9.17, 15) is 26.4 Å². The maximum absolute atomic E-state index is 12.8. The largest absolute Gasteiger partial charge is 0.418 e. The number of hydrogen-bond donors (Lipinski definition) is 1. The number of aromatic nitrogens is 2. The van der Waals surface area contributed by atoms with E-state index in [4.69, 9.17) is 0 Å². The summed E-state index contributed by atoms with van der Waals surface area (Å²) in [5.74, 6) is -1.79. The minimum absolute atomic E-state index is 0.396. The maximum Gasteiger partial charge on any atom is 0.418 e. The van der Waals surface area contributed by atoms with Crippen LogP contribution in [0.2, 0.25) is 0 Å². The standard InChI is InChI=1S/C19H18F3N3O3S/c20-19(21,22)13-8-17(25-23-9-13)29(27,28)10-16(26)24-18-14-5-1-3-11(14)7-12-4-2-6-15(12)18/h7-9H,1-6,10H2,(H,24,26). The average Bonchev–Trinajstić information content (AvgIpc) is 3.29. The van der Waals surface area contributed by atoms with Gasteiger partial charge in [-0.15, -0.1) is 5.10 Å². The Balaban J connectivity index is 1.59. The van der Waals surface area contributed by atoms with Crippen molar-refractivity contribution < 1.29 is 26.4 Å². The minimum Gasteiger partial charge on any atom is -0.325 e. The van der Waals surface area contributed by atoms with Gasteiger partial charge in [-0.3, -0.25) is 4.79 Å². The molecule has 10 heteroatoms. The van der Waals surface area contributed by atoms with Crippen molar-refractivity contribution >= 4 is 21.4 Å². The van der Waals surface area contributed by atoms with Gasteiger partial charge >= 0.3 is 6.18 Å². The molecule has 1 heterocycles. The van der Waals surface area contributed by atoms with Crippen molar-refractivity contribution in [1.82, 2.24) is 10.2 Å². The molecule has 0 spiro atoms. The molecule has 1 aromatic heterocycles. The molecular formula is C19H18F3N3O3S. The molecule has 2 aromatic rings. The number of alkyl halides is 3. The summed E-state index contributed by atoms with van der Waals surface area (Å²) >= 11 is 0. The Hall–Kier alpha value is -2.49. The molecule has 0 atom stereocenters. The van der Waals surface area contributed by atoms with Crippen LogP contribution in [0.5, 0.6) is 0 Å². The number of sulfone groups is 1. The number of anilines is 1. The van der Waals surface area contributed by atoms with E-state index in [2.05, 4.69) is 21.6 Å². The van der Waals surface area contributed by atoms with E-state index in [-0.39, 0.29) is 0 Å². The summed E-state index contributed by atoms with van der Waals surface area (Å²) in [6.45, 7) is 0. The van der Waals surface area contributed by atoms with Crippen LogP contribution in [0.4, 0.5) is 18.9 Å². The Kier molecular flexibility index (Phi) is 4.84. The fraction of sp³-hybridized carbons (Fsp3) is 0.421. The summed E-state index contributed by atoms with van der Waals surface area (Å²) in [6.07, 6.45) is 1.09. The fourth-order valence-electron chi connectivity index (χ4n) is 4.04. The zero-order valence-electron chi connectivity index (χ0n) is 15.3. The number of benzene rings is 1. The number of fused-ring (bicyclic) bond motifs is 2. The first-order valence-electron chi connectivity index (χ1n) is 9.24. The Morgan fingerprint density at radius 1 is 1.03 bits per heavy atom. The van der Waals surface area contributed by atoms with Crippen LogP contribution in [0.25, 0.3) is 0 Å². The summed E-state index contributed by atoms with van der Waals surface area (Å²) in [5.41, 5.74) is 3.87. The molecule has 0 unspecified atom stereocenters. The van der Waals surface area contributed by atoms with Crippen LogP contribution in [0.15, 0.2) is 23.4 Å². The molecule has 1 aromatic carbocycles. The second-order valence-corrected chi connectivity index (χ2v) is 9.26. The van der Waals surface area contributed by atoms with Gasteiger partial charge in [0.05, 0.1) is 11.8 Å². The molecule has 2 aliphatic carbocycles. The number of halogens is 3. The second-order valence-electron chi connectivity index (χ2n) is 7.32. The average molecular weight is 425 g/mol. The molecule has 0 saturated heterocycles. The Morgan fingerprint density at radius 2 is 1.66 bits per heavy atom. The van der Waals surface area contributed by atoms with Gasteiger partial charge in [-0.05, 0) is 66.8 Å². The summed E-state index contributed by atoms with van der Waals surface area (Å²) in [7, 11) is -4.38. The maximum atomic E-state index is 12.8. The van der Waals surface area contributed by atoms with Crippen molar-refractivity contribution in [1.29, 1.82) is 0 Å². The van der Waals surface area contributed by atoms with E-state index in [0.29, 0.717) is 18.0 Å². The summed E-state index contributed by atoms with van der Waals surface area (Å²) < 4.78 is 63.4. The first-order chi connectivity index (χ1) is 13.6. The first-order valence-corrected chi connectivity index (χ1v) is 10.9. The van der Waals surface area contributed by atoms with Crippen LogP contribution in [-0.2, 0) is 46.5 Å². The van der Waals surface area contributed by atoms with Crippen LogP contribution in [0.3, 0.4) is 0 Å². The smallest absolute Gasteiger partial charge is 0.325 e. The topological polar surface area (TPSA) is 89.0 Å². The van der Waals surface area contributed by atoms with Gasteiger partial charge < -0.3 is 5.32 Å². The highest BCUT2D eigenvalue weighted by Gasteiger charge is 2.34. The highest BCUT2D eigenvalue weighted by atomic mass is 32.2. The van der Waals surface area contributed by atoms with Crippen LogP contribution in [0.1, 0.15) is 40.7 Å². The molecule has 4 rings (SSSR count). The summed E-state index contributed by atoms with van der Waals surface area (Å²) in [6, 6.07) is 2.57. The van der Waals surface area contributed by atoms with E-state index in [1.165, 1.54) is 11.1 Å². The number of amides is 1. The third-order valence-corrected chi connectivity index (χ3v) is 6.82. The van der Waals surface area contributed by atoms with Crippen LogP contribution in [0, 0.1) is 0 Å². The highest BCUT2D eigenvalue weighted by molar-refractivity contribution is 7.92. The lowest BCUT2D eigenvalue weighted by Crippen LogP contribution is -2.25. The Bertz CT molecular complexity index is 1070. The van der Waals surface area contributed by atoms with Crippen molar-refractivity contribution in [2.24, 2.45) is 0 Å². The van der Waals surface area contributed by atoms with Gasteiger partial charge in [0.25, 0.3) is 0 Å². The Morgan fingerprint density at radius 3 is 2.24 bits per heavy atom. The van der Waals surface area contributed by atoms with Gasteiger partial charge in [0.1, 0.15) is 5.75 Å². The first kappa shape index (κ1) is 19.8. The Labute approximate surface area is 165 Å². The molecule has 154 valence electrons. The molecule has 1 N–H and O–H groups in total. The summed E-state index contributed by atoms with van der Waals surface area (Å²) in [5, 5.41) is 8.26. The third kappa shape index (κ3) is 3.85. The predicted molar refractivity (Wildman–Crippen MR) is 98.2 cm³/mol. The predicted octanol–water partition coefficient (Wildman–Crippen LogP) is 2.89. The molecule has 0 aliphatic heterocycles. The lowest BCUT2D eigenvalue weighted by atomic mass is 9.98. The van der Waals surface area contributed by atoms with Crippen LogP contribution in [-0.4, -0.2) is 30.3 Å². The van der Waals surface area contributed by atoms with E-state index in [1.807, 2.05) is 0 Å². The number of nitrogens with zero attached hydrogens (tertiary/aromatic N) is 2. The number of nitrogens with one attached hydrogen (secondary N) is 1. The minimum atomic E-state index is -4.76. The van der Waals surface area contributed by atoms with E-state index >= 15 is 0 Å². The monoisotopic (exact) mass is 425 g/mol. The van der Waals surface area contributed by atoms with Crippen molar-refractivity contribution in [3.8, 4) is 0 Å². The van der Waals surface area contributed by atoms with Crippen LogP contribution < -0.4 is 5.32 Å². The SMILES string of the molecule is O=C(CS(=O)(=O)c1cc(C(F)(F)F)cnn1)Nc1c2c(cc3c1CCC3)CCC2. The van der Waals surface area contributed by atoms with Gasteiger partial charge in [0.2, 0.25) is 15.7 Å². The molecular weight excluding hydrogens is 407 g/mol. The van der Waals surface area contributed by atoms with Gasteiger partial charge in [0, 0.05) is 5.69 Å². The molecule has 6 nitrogen and oxygen atoms in total. The molecule has 0 saturated carbocycles.